The van der Waals surface area contributed by atoms with Gasteiger partial charge in [-0.25, -0.2) is 8.42 Å². The van der Waals surface area contributed by atoms with Gasteiger partial charge in [-0.15, -0.1) is 0 Å². The highest BCUT2D eigenvalue weighted by molar-refractivity contribution is 7.89. The Hall–Kier alpha value is -4.10. The maximum atomic E-state index is 13.3. The minimum atomic E-state index is -3.87. The van der Waals surface area contributed by atoms with Gasteiger partial charge in [-0.3, -0.25) is 14.3 Å². The summed E-state index contributed by atoms with van der Waals surface area (Å²) in [5.74, 6) is 0.295. The lowest BCUT2D eigenvalue weighted by Gasteiger charge is -2.21. The van der Waals surface area contributed by atoms with Crippen LogP contribution in [0, 0.1) is 0 Å². The third kappa shape index (κ3) is 5.29. The molecule has 4 heterocycles. The van der Waals surface area contributed by atoms with Crippen molar-refractivity contribution in [3.8, 4) is 17.2 Å². The molecule has 0 radical (unpaired) electrons. The summed E-state index contributed by atoms with van der Waals surface area (Å²) in [6.07, 6.45) is 2.05. The number of ether oxygens (including phenoxy) is 3. The van der Waals surface area contributed by atoms with Crippen LogP contribution < -0.4 is 24.8 Å². The standard InChI is InChI=1S/C25H27N5O7S/c1-29-12-19(11-27-29)38(33,34)30-13-20-23(14-30)37-18-6-3-16(4-7-18)10-26-24(31)15-36-22-9-17(25(32)28-20)5-8-21(22)35-2/h3-9,11-12,20,23H,10,13-15H2,1-2H3,(H,26,31)(H,28,32)/t20-,23-/m0/s1. The number of amides is 2. The van der Waals surface area contributed by atoms with Crippen molar-refractivity contribution in [2.24, 2.45) is 7.05 Å². The van der Waals surface area contributed by atoms with E-state index < -0.39 is 28.1 Å². The van der Waals surface area contributed by atoms with Crippen molar-refractivity contribution in [2.45, 2.75) is 23.6 Å². The number of methoxy groups -OCH3 is 1. The summed E-state index contributed by atoms with van der Waals surface area (Å²) < 4.78 is 46.4. The fraction of sp³-hybridized carbons (Fsp3) is 0.320. The normalized spacial score (nSPS) is 20.5. The van der Waals surface area contributed by atoms with Crippen LogP contribution in [0.4, 0.5) is 0 Å². The first-order chi connectivity index (χ1) is 18.2. The lowest BCUT2D eigenvalue weighted by atomic mass is 10.1. The molecule has 38 heavy (non-hydrogen) atoms. The molecule has 3 aliphatic heterocycles. The summed E-state index contributed by atoms with van der Waals surface area (Å²) in [6, 6.07) is 11.0. The number of aromatic nitrogens is 2. The van der Waals surface area contributed by atoms with Gasteiger partial charge in [0.25, 0.3) is 11.8 Å². The van der Waals surface area contributed by atoms with E-state index in [0.29, 0.717) is 11.5 Å². The predicted octanol–water partition coefficient (Wildman–Crippen LogP) is 0.688. The SMILES string of the molecule is COc1ccc2cc1OCC(=O)NCc1ccc(cc1)O[C@H]1CN(S(=O)(=O)c3cnn(C)c3)C[C@@H]1NC2=O. The first-order valence-corrected chi connectivity index (χ1v) is 13.3. The molecule has 2 N–H and O–H groups in total. The number of nitrogens with one attached hydrogen (secondary N) is 2. The number of sulfonamides is 1. The topological polar surface area (TPSA) is 141 Å². The molecule has 2 amide bonds. The second-order valence-electron chi connectivity index (χ2n) is 8.98. The van der Waals surface area contributed by atoms with Gasteiger partial charge >= 0.3 is 0 Å². The second-order valence-corrected chi connectivity index (χ2v) is 10.9. The Morgan fingerprint density at radius 2 is 1.89 bits per heavy atom. The second kappa shape index (κ2) is 10.3. The third-order valence-electron chi connectivity index (χ3n) is 6.35. The van der Waals surface area contributed by atoms with E-state index in [1.165, 1.54) is 34.6 Å². The fourth-order valence-electron chi connectivity index (χ4n) is 4.31. The van der Waals surface area contributed by atoms with Crippen molar-refractivity contribution in [1.82, 2.24) is 24.7 Å². The van der Waals surface area contributed by atoms with Crippen molar-refractivity contribution in [1.29, 1.82) is 0 Å². The maximum Gasteiger partial charge on any atom is 0.258 e. The zero-order chi connectivity index (χ0) is 26.9. The first kappa shape index (κ1) is 25.5. The Labute approximate surface area is 219 Å². The van der Waals surface area contributed by atoms with Gasteiger partial charge < -0.3 is 24.8 Å². The number of rotatable bonds is 3. The van der Waals surface area contributed by atoms with Gasteiger partial charge in [0.1, 0.15) is 16.7 Å². The van der Waals surface area contributed by atoms with E-state index in [2.05, 4.69) is 15.7 Å². The van der Waals surface area contributed by atoms with Crippen molar-refractivity contribution in [3.05, 3.63) is 66.0 Å². The van der Waals surface area contributed by atoms with E-state index in [-0.39, 0.29) is 48.4 Å². The van der Waals surface area contributed by atoms with E-state index in [9.17, 15) is 18.0 Å². The first-order valence-electron chi connectivity index (χ1n) is 11.9. The monoisotopic (exact) mass is 541 g/mol. The van der Waals surface area contributed by atoms with Crippen molar-refractivity contribution in [3.63, 3.8) is 0 Å². The minimum Gasteiger partial charge on any atom is -0.493 e. The van der Waals surface area contributed by atoms with E-state index in [1.54, 1.807) is 43.4 Å². The van der Waals surface area contributed by atoms with E-state index >= 15 is 0 Å². The fourth-order valence-corrected chi connectivity index (χ4v) is 5.78. The number of hydrogen-bond donors (Lipinski definition) is 2. The van der Waals surface area contributed by atoms with Crippen molar-refractivity contribution in [2.75, 3.05) is 26.8 Å². The van der Waals surface area contributed by atoms with E-state index in [4.69, 9.17) is 14.2 Å². The van der Waals surface area contributed by atoms with E-state index in [0.717, 1.165) is 5.56 Å². The number of fused-ring (bicyclic) bond motifs is 7. The average molecular weight is 542 g/mol. The zero-order valence-electron chi connectivity index (χ0n) is 20.8. The van der Waals surface area contributed by atoms with Gasteiger partial charge in [0.05, 0.1) is 25.9 Å². The average Bonchev–Trinajstić information content (AvgIpc) is 3.53. The van der Waals surface area contributed by atoms with Gasteiger partial charge in [0.15, 0.2) is 18.1 Å². The molecule has 3 aliphatic rings. The Morgan fingerprint density at radius 3 is 2.61 bits per heavy atom. The Morgan fingerprint density at radius 1 is 1.11 bits per heavy atom. The smallest absolute Gasteiger partial charge is 0.258 e. The van der Waals surface area contributed by atoms with Gasteiger partial charge in [-0.05, 0) is 35.9 Å². The summed E-state index contributed by atoms with van der Waals surface area (Å²) in [4.78, 5) is 25.6. The molecule has 4 bridgehead atoms. The molecule has 2 atom stereocenters. The molecule has 1 aromatic heterocycles. The molecule has 3 aromatic rings. The number of hydrogen-bond acceptors (Lipinski definition) is 8. The molecule has 1 fully saturated rings. The lowest BCUT2D eigenvalue weighted by molar-refractivity contribution is -0.123. The Bertz CT molecular complexity index is 1450. The molecular weight excluding hydrogens is 514 g/mol. The molecule has 0 saturated carbocycles. The Kier molecular flexibility index (Phi) is 6.95. The summed E-state index contributed by atoms with van der Waals surface area (Å²) >= 11 is 0. The van der Waals surface area contributed by atoms with Crippen LogP contribution in [0.15, 0.2) is 59.8 Å². The van der Waals surface area contributed by atoms with Crippen LogP contribution in [0.1, 0.15) is 15.9 Å². The summed E-state index contributed by atoms with van der Waals surface area (Å²) in [7, 11) is -0.771. The molecular formula is C25H27N5O7S. The number of carbonyl (C=O) groups is 2. The number of aryl methyl sites for hydroxylation is 1. The number of carbonyl (C=O) groups excluding carboxylic acids is 2. The predicted molar refractivity (Wildman–Crippen MR) is 134 cm³/mol. The van der Waals surface area contributed by atoms with Crippen LogP contribution in [0.3, 0.4) is 0 Å². The van der Waals surface area contributed by atoms with E-state index in [1.807, 2.05) is 0 Å². The van der Waals surface area contributed by atoms with Crippen LogP contribution in [0.25, 0.3) is 0 Å². The highest BCUT2D eigenvalue weighted by Gasteiger charge is 2.42. The molecule has 0 aliphatic carbocycles. The maximum absolute atomic E-state index is 13.3. The number of benzene rings is 2. The molecule has 200 valence electrons. The largest absolute Gasteiger partial charge is 0.493 e. The van der Waals surface area contributed by atoms with Crippen LogP contribution >= 0.6 is 0 Å². The molecule has 2 aromatic carbocycles. The lowest BCUT2D eigenvalue weighted by Crippen LogP contribution is -2.45. The van der Waals surface area contributed by atoms with Gasteiger partial charge in [0.2, 0.25) is 10.0 Å². The molecule has 13 heteroatoms. The minimum absolute atomic E-state index is 0.00362. The summed E-state index contributed by atoms with van der Waals surface area (Å²) in [5.41, 5.74) is 1.09. The summed E-state index contributed by atoms with van der Waals surface area (Å²) in [6.45, 7) is 0.0397. The number of nitrogens with zero attached hydrogens (tertiary/aromatic N) is 3. The molecule has 1 saturated heterocycles. The molecule has 0 unspecified atom stereocenters. The van der Waals surface area contributed by atoms with Gasteiger partial charge in [-0.2, -0.15) is 9.40 Å². The van der Waals surface area contributed by atoms with Gasteiger partial charge in [0, 0.05) is 31.9 Å². The van der Waals surface area contributed by atoms with Crippen LogP contribution in [-0.4, -0.2) is 73.3 Å². The van der Waals surface area contributed by atoms with Crippen LogP contribution in [0.2, 0.25) is 0 Å². The van der Waals surface area contributed by atoms with Crippen molar-refractivity contribution >= 4 is 21.8 Å². The highest BCUT2D eigenvalue weighted by Crippen LogP contribution is 2.29. The van der Waals surface area contributed by atoms with Crippen LogP contribution in [-0.2, 0) is 28.4 Å². The molecule has 12 nitrogen and oxygen atoms in total. The Balaban J connectivity index is 1.47. The third-order valence-corrected chi connectivity index (χ3v) is 8.14. The van der Waals surface area contributed by atoms with Crippen LogP contribution in [0.5, 0.6) is 17.2 Å². The quantitative estimate of drug-likeness (QED) is 0.494. The van der Waals surface area contributed by atoms with Gasteiger partial charge in [-0.1, -0.05) is 12.1 Å². The zero-order valence-corrected chi connectivity index (χ0v) is 21.6. The molecule has 0 spiro atoms. The molecule has 6 rings (SSSR count). The van der Waals surface area contributed by atoms with Crippen molar-refractivity contribution < 1.29 is 32.2 Å². The summed E-state index contributed by atoms with van der Waals surface area (Å²) in [5, 5.41) is 9.66. The highest BCUT2D eigenvalue weighted by atomic mass is 32.2.